The number of phenolic OH excluding ortho intramolecular Hbond substituents is 1. The van der Waals surface area contributed by atoms with Crippen LogP contribution in [-0.2, 0) is 14.3 Å². The molecule has 3 aromatic carbocycles. The van der Waals surface area contributed by atoms with Gasteiger partial charge >= 0.3 is 5.97 Å². The summed E-state index contributed by atoms with van der Waals surface area (Å²) in [4.78, 5) is 13.8. The fourth-order valence-electron chi connectivity index (χ4n) is 7.24. The van der Waals surface area contributed by atoms with Crippen LogP contribution in [0.3, 0.4) is 0 Å². The highest BCUT2D eigenvalue weighted by Crippen LogP contribution is 2.42. The zero-order chi connectivity index (χ0) is 32.9. The van der Waals surface area contributed by atoms with Crippen molar-refractivity contribution in [3.05, 3.63) is 95.6 Å². The highest BCUT2D eigenvalue weighted by Gasteiger charge is 2.37. The summed E-state index contributed by atoms with van der Waals surface area (Å²) >= 11 is 0. The van der Waals surface area contributed by atoms with Crippen LogP contribution in [0.2, 0.25) is 0 Å². The second-order valence-corrected chi connectivity index (χ2v) is 13.3. The number of benzene rings is 3. The fourth-order valence-corrected chi connectivity index (χ4v) is 7.24. The number of carbonyl (C=O) groups excluding carboxylic acids is 1. The smallest absolute Gasteiger partial charge is 0.309 e. The van der Waals surface area contributed by atoms with Crippen LogP contribution < -0.4 is 4.74 Å². The van der Waals surface area contributed by atoms with Crippen LogP contribution >= 0.6 is 0 Å². The molecule has 5 atom stereocenters. The molecule has 5 unspecified atom stereocenters. The molecule has 0 heterocycles. The van der Waals surface area contributed by atoms with E-state index in [0.717, 1.165) is 63.5 Å². The lowest BCUT2D eigenvalue weighted by Gasteiger charge is -2.37. The first-order chi connectivity index (χ1) is 22.3. The molecule has 1 N–H and O–H groups in total. The number of rotatable bonds is 17. The van der Waals surface area contributed by atoms with E-state index in [1.807, 2.05) is 26.0 Å². The van der Waals surface area contributed by atoms with Crippen LogP contribution in [-0.4, -0.2) is 29.6 Å². The van der Waals surface area contributed by atoms with E-state index in [1.54, 1.807) is 12.1 Å². The van der Waals surface area contributed by atoms with Gasteiger partial charge in [0.2, 0.25) is 0 Å². The van der Waals surface area contributed by atoms with Crippen LogP contribution in [0.4, 0.5) is 0 Å². The molecule has 4 rings (SSSR count). The van der Waals surface area contributed by atoms with Gasteiger partial charge in [0.25, 0.3) is 0 Å². The minimum absolute atomic E-state index is 0.0253. The van der Waals surface area contributed by atoms with Crippen molar-refractivity contribution in [2.45, 2.75) is 128 Å². The number of phenols is 1. The van der Waals surface area contributed by atoms with E-state index in [4.69, 9.17) is 14.2 Å². The molecule has 250 valence electrons. The van der Waals surface area contributed by atoms with Gasteiger partial charge in [-0.3, -0.25) is 4.79 Å². The standard InChI is InChI=1S/C41H56O5/c1-6-32(40(43)46-41(7-2)25-13-10-14-26-41)28-37(34-15-11-9-12-16-34)29-36(35-17-21-38(42)22-18-35)27-30(4)33-19-23-39(24-20-33)45-31(5)44-8-3/h9,11-12,15-24,30-32,36-37,42H,6-8,10,13-14,25-29H2,1-5H3. The molecule has 0 spiro atoms. The van der Waals surface area contributed by atoms with Crippen molar-refractivity contribution >= 4 is 5.97 Å². The first kappa shape index (κ1) is 35.5. The predicted octanol–water partition coefficient (Wildman–Crippen LogP) is 10.7. The second kappa shape index (κ2) is 17.6. The van der Waals surface area contributed by atoms with Gasteiger partial charge in [-0.05, 0) is 130 Å². The summed E-state index contributed by atoms with van der Waals surface area (Å²) in [5.74, 6) is 1.59. The number of aromatic hydroxyl groups is 1. The van der Waals surface area contributed by atoms with Crippen LogP contribution in [0.1, 0.15) is 133 Å². The van der Waals surface area contributed by atoms with Gasteiger partial charge in [0.15, 0.2) is 6.29 Å². The molecule has 5 nitrogen and oxygen atoms in total. The zero-order valence-corrected chi connectivity index (χ0v) is 28.8. The summed E-state index contributed by atoms with van der Waals surface area (Å²) in [7, 11) is 0. The topological polar surface area (TPSA) is 65.0 Å². The SMILES string of the molecule is CCOC(C)Oc1ccc(C(C)CC(CC(CC(CC)C(=O)OC2(CC)CCCCC2)c2ccccc2)c2ccc(O)cc2)cc1. The molecule has 0 bridgehead atoms. The van der Waals surface area contributed by atoms with Crippen molar-refractivity contribution in [2.24, 2.45) is 5.92 Å². The Kier molecular flexibility index (Phi) is 13.6. The van der Waals surface area contributed by atoms with Gasteiger partial charge < -0.3 is 19.3 Å². The Morgan fingerprint density at radius 2 is 1.37 bits per heavy atom. The summed E-state index contributed by atoms with van der Waals surface area (Å²) in [6.07, 6.45) is 9.41. The third-order valence-corrected chi connectivity index (χ3v) is 10.1. The molecule has 0 saturated heterocycles. The van der Waals surface area contributed by atoms with Gasteiger partial charge in [0.1, 0.15) is 17.1 Å². The monoisotopic (exact) mass is 628 g/mol. The van der Waals surface area contributed by atoms with Gasteiger partial charge in [-0.1, -0.05) is 81.8 Å². The Bertz CT molecular complexity index is 1300. The van der Waals surface area contributed by atoms with Crippen molar-refractivity contribution in [3.63, 3.8) is 0 Å². The normalized spacial score (nSPS) is 17.8. The fraction of sp³-hybridized carbons (Fsp3) is 0.537. The maximum Gasteiger partial charge on any atom is 0.309 e. The molecule has 0 aliphatic heterocycles. The van der Waals surface area contributed by atoms with Gasteiger partial charge in [-0.15, -0.1) is 0 Å². The molecular weight excluding hydrogens is 572 g/mol. The molecule has 1 aliphatic rings. The molecule has 46 heavy (non-hydrogen) atoms. The first-order valence-electron chi connectivity index (χ1n) is 17.7. The van der Waals surface area contributed by atoms with E-state index < -0.39 is 0 Å². The van der Waals surface area contributed by atoms with E-state index in [0.29, 0.717) is 6.61 Å². The molecule has 3 aromatic rings. The van der Waals surface area contributed by atoms with Gasteiger partial charge in [-0.25, -0.2) is 0 Å². The lowest BCUT2D eigenvalue weighted by Crippen LogP contribution is -2.38. The van der Waals surface area contributed by atoms with Crippen molar-refractivity contribution in [1.82, 2.24) is 0 Å². The van der Waals surface area contributed by atoms with Crippen LogP contribution in [0, 0.1) is 5.92 Å². The number of ether oxygens (including phenoxy) is 3. The number of hydrogen-bond donors (Lipinski definition) is 1. The molecule has 1 aliphatic carbocycles. The first-order valence-corrected chi connectivity index (χ1v) is 17.7. The van der Waals surface area contributed by atoms with E-state index in [2.05, 4.69) is 75.4 Å². The summed E-state index contributed by atoms with van der Waals surface area (Å²) in [6.45, 7) is 11.0. The van der Waals surface area contributed by atoms with Crippen molar-refractivity contribution in [1.29, 1.82) is 0 Å². The summed E-state index contributed by atoms with van der Waals surface area (Å²) < 4.78 is 17.8. The average Bonchev–Trinajstić information content (AvgIpc) is 3.07. The van der Waals surface area contributed by atoms with E-state index in [9.17, 15) is 9.90 Å². The minimum atomic E-state index is -0.295. The average molecular weight is 629 g/mol. The lowest BCUT2D eigenvalue weighted by molar-refractivity contribution is -0.169. The Balaban J connectivity index is 1.56. The summed E-state index contributed by atoms with van der Waals surface area (Å²) in [5.41, 5.74) is 3.43. The molecule has 0 amide bonds. The quantitative estimate of drug-likeness (QED) is 0.119. The van der Waals surface area contributed by atoms with Crippen molar-refractivity contribution in [2.75, 3.05) is 6.61 Å². The van der Waals surface area contributed by atoms with E-state index in [1.165, 1.54) is 23.1 Å². The number of esters is 1. The van der Waals surface area contributed by atoms with Gasteiger partial charge in [0, 0.05) is 6.61 Å². The third-order valence-electron chi connectivity index (χ3n) is 10.1. The van der Waals surface area contributed by atoms with E-state index in [-0.39, 0.29) is 47.3 Å². The Hall–Kier alpha value is -3.31. The zero-order valence-electron chi connectivity index (χ0n) is 28.8. The minimum Gasteiger partial charge on any atom is -0.508 e. The Morgan fingerprint density at radius 1 is 0.761 bits per heavy atom. The molecule has 0 aromatic heterocycles. The molecular formula is C41H56O5. The second-order valence-electron chi connectivity index (χ2n) is 13.3. The van der Waals surface area contributed by atoms with Gasteiger partial charge in [0.05, 0.1) is 5.92 Å². The predicted molar refractivity (Wildman–Crippen MR) is 186 cm³/mol. The maximum absolute atomic E-state index is 13.8. The van der Waals surface area contributed by atoms with Crippen molar-refractivity contribution in [3.8, 4) is 11.5 Å². The van der Waals surface area contributed by atoms with Crippen LogP contribution in [0.15, 0.2) is 78.9 Å². The van der Waals surface area contributed by atoms with E-state index >= 15 is 0 Å². The van der Waals surface area contributed by atoms with Gasteiger partial charge in [-0.2, -0.15) is 0 Å². The Labute approximate surface area is 277 Å². The molecule has 5 heteroatoms. The Morgan fingerprint density at radius 3 is 1.98 bits per heavy atom. The summed E-state index contributed by atoms with van der Waals surface area (Å²) in [5, 5.41) is 10.1. The highest BCUT2D eigenvalue weighted by atomic mass is 16.7. The van der Waals surface area contributed by atoms with Crippen LogP contribution in [0.25, 0.3) is 0 Å². The molecule has 1 fully saturated rings. The maximum atomic E-state index is 13.8. The molecule has 0 radical (unpaired) electrons. The number of carbonyl (C=O) groups is 1. The van der Waals surface area contributed by atoms with Crippen molar-refractivity contribution < 1.29 is 24.1 Å². The largest absolute Gasteiger partial charge is 0.508 e. The third kappa shape index (κ3) is 10.1. The highest BCUT2D eigenvalue weighted by molar-refractivity contribution is 5.73. The lowest BCUT2D eigenvalue weighted by atomic mass is 9.76. The molecule has 1 saturated carbocycles. The number of hydrogen-bond acceptors (Lipinski definition) is 5. The van der Waals surface area contributed by atoms with Crippen LogP contribution in [0.5, 0.6) is 11.5 Å². The summed E-state index contributed by atoms with van der Waals surface area (Å²) in [6, 6.07) is 26.7.